The lowest BCUT2D eigenvalue weighted by molar-refractivity contribution is 0.0667. The number of nitrogen functional groups attached to an aromatic ring is 1. The van der Waals surface area contributed by atoms with Crippen molar-refractivity contribution in [1.29, 1.82) is 0 Å². The van der Waals surface area contributed by atoms with Crippen molar-refractivity contribution >= 4 is 51.0 Å². The summed E-state index contributed by atoms with van der Waals surface area (Å²) in [7, 11) is -7.07. The van der Waals surface area contributed by atoms with Crippen molar-refractivity contribution in [2.75, 3.05) is 40.7 Å². The van der Waals surface area contributed by atoms with E-state index in [2.05, 4.69) is 78.1 Å². The van der Waals surface area contributed by atoms with Crippen LogP contribution in [0.25, 0.3) is 0 Å². The molecule has 0 saturated carbocycles. The number of carbonyl (C=O) groups is 2. The van der Waals surface area contributed by atoms with Gasteiger partial charge in [0.15, 0.2) is 31.1 Å². The van der Waals surface area contributed by atoms with Gasteiger partial charge >= 0.3 is 5.97 Å². The molecule has 2 aliphatic heterocycles. The van der Waals surface area contributed by atoms with Crippen molar-refractivity contribution in [1.82, 2.24) is 39.5 Å². The standard InChI is InChI=1S/C24H29N5O3S.C16H28N2O3Si.C14H17N3O2S/c1-24(2)10-8-19-20(12-24)27-28-21(19)23(30)26-18-13-25-29(14-18)22(16-6-4-3-5-7-16)17-9-11-33(31,32)15-17;1-16(2)7-6-12-13(10-16)18(17-14(12)15(19)20)11-21-8-9-22(3,4)5;15-13-8-16-17(9-13)14(11-4-2-1-3-5-11)12-6-7-20(18,19)10-12/h3-7,13-14,17,22H,8-12,15H2,1-2H3,(H,26,30)(H,27,28);6-11H2,1-5H3,(H,19,20);1-5,8-9,12,14H,6-7,10,15H2. The molecule has 2 aromatic carbocycles. The van der Waals surface area contributed by atoms with E-state index in [-0.39, 0.29) is 69.4 Å². The highest BCUT2D eigenvalue weighted by molar-refractivity contribution is 7.91. The molecule has 1 amide bonds. The van der Waals surface area contributed by atoms with Gasteiger partial charge in [0, 0.05) is 61.4 Å². The number of carbonyl (C=O) groups excluding carboxylic acids is 1. The van der Waals surface area contributed by atoms with Crippen LogP contribution in [0.2, 0.25) is 25.7 Å². The summed E-state index contributed by atoms with van der Waals surface area (Å²) in [6.45, 7) is 16.9. The van der Waals surface area contributed by atoms with Gasteiger partial charge < -0.3 is 20.9 Å². The molecule has 2 fully saturated rings. The fourth-order valence-electron chi connectivity index (χ4n) is 10.8. The largest absolute Gasteiger partial charge is 0.476 e. The van der Waals surface area contributed by atoms with Gasteiger partial charge in [0.25, 0.3) is 5.91 Å². The molecule has 2 aliphatic carbocycles. The predicted octanol–water partition coefficient (Wildman–Crippen LogP) is 8.30. The Morgan fingerprint density at radius 1 is 0.800 bits per heavy atom. The lowest BCUT2D eigenvalue weighted by Gasteiger charge is -2.30. The van der Waals surface area contributed by atoms with Gasteiger partial charge in [-0.3, -0.25) is 19.3 Å². The Morgan fingerprint density at radius 2 is 1.35 bits per heavy atom. The number of aromatic carboxylic acids is 1. The average molecular weight is 1080 g/mol. The number of sulfone groups is 2. The second-order valence-electron chi connectivity index (χ2n) is 23.6. The van der Waals surface area contributed by atoms with E-state index in [1.54, 1.807) is 38.8 Å². The number of nitrogens with one attached hydrogen (secondary N) is 2. The van der Waals surface area contributed by atoms with Crippen molar-refractivity contribution in [3.63, 3.8) is 0 Å². The molecule has 4 unspecified atom stereocenters. The third-order valence-electron chi connectivity index (χ3n) is 14.9. The Balaban J connectivity index is 0.000000156. The Bertz CT molecular complexity index is 3180. The first-order chi connectivity index (χ1) is 35.3. The van der Waals surface area contributed by atoms with Crippen molar-refractivity contribution in [2.45, 2.75) is 124 Å². The second-order valence-corrected chi connectivity index (χ2v) is 33.7. The number of carboxylic acids is 1. The zero-order valence-electron chi connectivity index (χ0n) is 44.3. The van der Waals surface area contributed by atoms with E-state index < -0.39 is 33.7 Å². The summed E-state index contributed by atoms with van der Waals surface area (Å²) >= 11 is 0. The number of carboxylic acid groups (broad SMARTS) is 1. The van der Waals surface area contributed by atoms with E-state index in [9.17, 15) is 31.5 Å². The normalized spacial score (nSPS) is 20.8. The van der Waals surface area contributed by atoms with Crippen molar-refractivity contribution < 1.29 is 36.3 Å². The quantitative estimate of drug-likeness (QED) is 0.0592. The molecular formula is C54H74N10O8S2Si. The highest BCUT2D eigenvalue weighted by Gasteiger charge is 2.38. The number of nitrogens with zero attached hydrogens (tertiary/aromatic N) is 7. The number of hydrogen-bond donors (Lipinski definition) is 4. The fraction of sp³-hybridized carbons (Fsp3) is 0.519. The van der Waals surface area contributed by atoms with Gasteiger partial charge in [-0.2, -0.15) is 20.4 Å². The van der Waals surface area contributed by atoms with Crippen LogP contribution >= 0.6 is 0 Å². The Kier molecular flexibility index (Phi) is 16.5. The van der Waals surface area contributed by atoms with Gasteiger partial charge in [0.1, 0.15) is 6.73 Å². The van der Waals surface area contributed by atoms with Crippen LogP contribution in [0, 0.1) is 22.7 Å². The van der Waals surface area contributed by atoms with Crippen LogP contribution in [0.15, 0.2) is 85.5 Å². The number of amides is 1. The number of fused-ring (bicyclic) bond motifs is 2. The lowest BCUT2D eigenvalue weighted by atomic mass is 9.76. The van der Waals surface area contributed by atoms with E-state index in [0.29, 0.717) is 36.6 Å². The number of benzene rings is 2. The van der Waals surface area contributed by atoms with E-state index in [4.69, 9.17) is 10.5 Å². The molecule has 18 nitrogen and oxygen atoms in total. The fourth-order valence-corrected chi connectivity index (χ4v) is 15.2. The number of nitrogens with two attached hydrogens (primary N) is 1. The smallest absolute Gasteiger partial charge is 0.356 e. The summed E-state index contributed by atoms with van der Waals surface area (Å²) in [6, 6.07) is 20.5. The zero-order valence-corrected chi connectivity index (χ0v) is 47.0. The van der Waals surface area contributed by atoms with Crippen LogP contribution in [-0.4, -0.2) is 111 Å². The summed E-state index contributed by atoms with van der Waals surface area (Å²) < 4.78 is 58.9. The molecule has 5 N–H and O–H groups in total. The molecule has 2 saturated heterocycles. The molecule has 0 radical (unpaired) electrons. The molecule has 4 atom stereocenters. The summed E-state index contributed by atoms with van der Waals surface area (Å²) in [5.74, 6) is -0.395. The van der Waals surface area contributed by atoms with E-state index in [1.165, 1.54) is 0 Å². The predicted molar refractivity (Wildman–Crippen MR) is 293 cm³/mol. The Morgan fingerprint density at radius 3 is 1.87 bits per heavy atom. The van der Waals surface area contributed by atoms with Gasteiger partial charge in [0.05, 0.1) is 58.9 Å². The molecule has 4 aromatic heterocycles. The minimum Gasteiger partial charge on any atom is -0.476 e. The summed E-state index contributed by atoms with van der Waals surface area (Å²) in [5, 5.41) is 32.7. The van der Waals surface area contributed by atoms with Gasteiger partial charge in [-0.05, 0) is 79.4 Å². The monoisotopic (exact) mass is 1080 g/mol. The number of anilines is 2. The number of ether oxygens (including phenoxy) is 1. The van der Waals surface area contributed by atoms with Crippen molar-refractivity contribution in [3.05, 3.63) is 130 Å². The maximum absolute atomic E-state index is 13.0. The van der Waals surface area contributed by atoms with Crippen LogP contribution < -0.4 is 11.1 Å². The average Bonchev–Trinajstić information content (AvgIpc) is 4.22. The molecule has 0 bridgehead atoms. The van der Waals surface area contributed by atoms with Crippen LogP contribution in [0.4, 0.5) is 11.4 Å². The van der Waals surface area contributed by atoms with E-state index in [0.717, 1.165) is 84.8 Å². The number of aromatic amines is 1. The number of hydrogen-bond acceptors (Lipinski definition) is 12. The van der Waals surface area contributed by atoms with Crippen LogP contribution in [0.5, 0.6) is 0 Å². The molecule has 6 aromatic rings. The van der Waals surface area contributed by atoms with E-state index in [1.807, 2.05) is 60.7 Å². The third kappa shape index (κ3) is 14.1. The maximum Gasteiger partial charge on any atom is 0.356 e. The zero-order chi connectivity index (χ0) is 53.9. The summed E-state index contributed by atoms with van der Waals surface area (Å²) in [6.07, 6.45) is 13.4. The first kappa shape index (κ1) is 55.3. The molecule has 404 valence electrons. The Labute approximate surface area is 442 Å². The minimum atomic E-state index is -3.04. The van der Waals surface area contributed by atoms with Crippen LogP contribution in [0.1, 0.15) is 120 Å². The number of aromatic nitrogens is 8. The van der Waals surface area contributed by atoms with Crippen molar-refractivity contribution in [2.24, 2.45) is 22.7 Å². The molecule has 6 heterocycles. The van der Waals surface area contributed by atoms with Gasteiger partial charge in [-0.25, -0.2) is 26.3 Å². The molecule has 10 rings (SSSR count). The molecule has 21 heteroatoms. The highest BCUT2D eigenvalue weighted by atomic mass is 32.2. The topological polar surface area (TPSA) is 252 Å². The van der Waals surface area contributed by atoms with Gasteiger partial charge in [-0.15, -0.1) is 0 Å². The molecule has 75 heavy (non-hydrogen) atoms. The first-order valence-corrected chi connectivity index (χ1v) is 33.3. The Hall–Kier alpha value is -5.90. The number of H-pyrrole nitrogens is 1. The SMILES string of the molecule is CC1(C)CCc2c(C(=O)Nc3cnn(C(c4ccccc4)C4CCS(=O)(=O)C4)c3)n[nH]c2C1.CC1(C)CCc2c(C(=O)O)nn(COCC[Si](C)(C)C)c2C1.Nc1cnn(C(c2ccccc2)C2CCS(=O)(=O)C2)c1. The molecule has 4 aliphatic rings. The minimum absolute atomic E-state index is 0.0432. The molecule has 0 spiro atoms. The third-order valence-corrected chi connectivity index (χ3v) is 20.2. The number of rotatable bonds is 14. The maximum atomic E-state index is 13.0. The van der Waals surface area contributed by atoms with E-state index >= 15 is 0 Å². The first-order valence-electron chi connectivity index (χ1n) is 26.0. The summed E-state index contributed by atoms with van der Waals surface area (Å²) in [4.78, 5) is 24.4. The second kappa shape index (κ2) is 22.4. The van der Waals surface area contributed by atoms with Gasteiger partial charge in [0.2, 0.25) is 0 Å². The van der Waals surface area contributed by atoms with Gasteiger partial charge in [-0.1, -0.05) is 108 Å². The van der Waals surface area contributed by atoms with Crippen LogP contribution in [-0.2, 0) is 56.8 Å². The summed E-state index contributed by atoms with van der Waals surface area (Å²) in [5.41, 5.74) is 14.0. The molecular weight excluding hydrogens is 1010 g/mol. The lowest BCUT2D eigenvalue weighted by Crippen LogP contribution is -2.25. The van der Waals surface area contributed by atoms with Crippen LogP contribution in [0.3, 0.4) is 0 Å². The van der Waals surface area contributed by atoms with Crippen molar-refractivity contribution in [3.8, 4) is 0 Å². The highest BCUT2D eigenvalue weighted by Crippen LogP contribution is 2.39.